The van der Waals surface area contributed by atoms with Gasteiger partial charge in [-0.2, -0.15) is 0 Å². The fourth-order valence-electron chi connectivity index (χ4n) is 1.47. The molecule has 2 aromatic carbocycles. The molecule has 3 nitrogen and oxygen atoms in total. The van der Waals surface area contributed by atoms with Crippen molar-refractivity contribution in [3.63, 3.8) is 0 Å². The molecule has 102 valence electrons. The molecule has 2 rings (SSSR count). The van der Waals surface area contributed by atoms with Crippen LogP contribution in [0.2, 0.25) is 5.02 Å². The van der Waals surface area contributed by atoms with Crippen molar-refractivity contribution in [2.24, 2.45) is 0 Å². The third-order valence-electron chi connectivity index (χ3n) is 2.58. The summed E-state index contributed by atoms with van der Waals surface area (Å²) < 4.78 is 5.40. The molecule has 0 atom stereocenters. The molecule has 20 heavy (non-hydrogen) atoms. The van der Waals surface area contributed by atoms with E-state index < -0.39 is 0 Å². The molecule has 0 radical (unpaired) electrons. The standard InChI is InChI=1S/C16H14ClNO2/c1-12(11-20-15-5-3-2-4-6-15)16(19)18-14-9-7-13(17)8-10-14/h2-11H,1H3,(H,18,19)/b12-11+. The number of ether oxygens (including phenoxy) is 1. The van der Waals surface area contributed by atoms with Gasteiger partial charge in [-0.05, 0) is 43.3 Å². The van der Waals surface area contributed by atoms with Crippen molar-refractivity contribution in [1.29, 1.82) is 0 Å². The van der Waals surface area contributed by atoms with Gasteiger partial charge < -0.3 is 10.1 Å². The highest BCUT2D eigenvalue weighted by molar-refractivity contribution is 6.30. The SMILES string of the molecule is C/C(=C\Oc1ccccc1)C(=O)Nc1ccc(Cl)cc1. The van der Waals surface area contributed by atoms with E-state index in [-0.39, 0.29) is 5.91 Å². The monoisotopic (exact) mass is 287 g/mol. The summed E-state index contributed by atoms with van der Waals surface area (Å²) in [6.07, 6.45) is 1.43. The topological polar surface area (TPSA) is 38.3 Å². The number of carbonyl (C=O) groups is 1. The van der Waals surface area contributed by atoms with Crippen molar-refractivity contribution in [2.75, 3.05) is 5.32 Å². The first kappa shape index (κ1) is 14.2. The van der Waals surface area contributed by atoms with Crippen LogP contribution in [0.25, 0.3) is 0 Å². The van der Waals surface area contributed by atoms with Crippen molar-refractivity contribution >= 4 is 23.2 Å². The van der Waals surface area contributed by atoms with Crippen LogP contribution in [0.3, 0.4) is 0 Å². The van der Waals surface area contributed by atoms with E-state index in [0.29, 0.717) is 22.0 Å². The zero-order valence-corrected chi connectivity index (χ0v) is 11.7. The van der Waals surface area contributed by atoms with Crippen molar-refractivity contribution < 1.29 is 9.53 Å². The maximum Gasteiger partial charge on any atom is 0.254 e. The number of rotatable bonds is 4. The lowest BCUT2D eigenvalue weighted by atomic mass is 10.2. The van der Waals surface area contributed by atoms with Crippen molar-refractivity contribution in [2.45, 2.75) is 6.92 Å². The molecule has 0 aliphatic heterocycles. The van der Waals surface area contributed by atoms with Gasteiger partial charge in [0.25, 0.3) is 5.91 Å². The molecule has 0 bridgehead atoms. The minimum atomic E-state index is -0.219. The fraction of sp³-hybridized carbons (Fsp3) is 0.0625. The lowest BCUT2D eigenvalue weighted by Crippen LogP contribution is -2.13. The minimum Gasteiger partial charge on any atom is -0.465 e. The molecule has 2 aromatic rings. The van der Waals surface area contributed by atoms with Gasteiger partial charge in [-0.1, -0.05) is 29.8 Å². The van der Waals surface area contributed by atoms with Crippen LogP contribution in [0.4, 0.5) is 5.69 Å². The summed E-state index contributed by atoms with van der Waals surface area (Å²) >= 11 is 5.78. The molecule has 0 saturated heterocycles. The highest BCUT2D eigenvalue weighted by atomic mass is 35.5. The maximum absolute atomic E-state index is 11.9. The van der Waals surface area contributed by atoms with E-state index in [4.69, 9.17) is 16.3 Å². The van der Waals surface area contributed by atoms with Gasteiger partial charge in [0.05, 0.1) is 6.26 Å². The van der Waals surface area contributed by atoms with Gasteiger partial charge in [-0.25, -0.2) is 0 Å². The predicted molar refractivity (Wildman–Crippen MR) is 80.9 cm³/mol. The molecule has 4 heteroatoms. The number of anilines is 1. The first-order valence-electron chi connectivity index (χ1n) is 6.10. The molecule has 0 aliphatic rings. The van der Waals surface area contributed by atoms with E-state index in [9.17, 15) is 4.79 Å². The number of para-hydroxylation sites is 1. The van der Waals surface area contributed by atoms with Gasteiger partial charge in [-0.3, -0.25) is 4.79 Å². The second-order valence-corrected chi connectivity index (χ2v) is 4.63. The van der Waals surface area contributed by atoms with Crippen molar-refractivity contribution in [1.82, 2.24) is 0 Å². The first-order valence-corrected chi connectivity index (χ1v) is 6.48. The van der Waals surface area contributed by atoms with Crippen LogP contribution in [0.5, 0.6) is 5.75 Å². The molecule has 0 spiro atoms. The molecule has 0 fully saturated rings. The second kappa shape index (κ2) is 6.78. The Bertz CT molecular complexity index is 606. The summed E-state index contributed by atoms with van der Waals surface area (Å²) in [7, 11) is 0. The van der Waals surface area contributed by atoms with Crippen LogP contribution in [-0.4, -0.2) is 5.91 Å². The number of hydrogen-bond acceptors (Lipinski definition) is 2. The van der Waals surface area contributed by atoms with Gasteiger partial charge in [0, 0.05) is 16.3 Å². The number of benzene rings is 2. The van der Waals surface area contributed by atoms with E-state index in [1.165, 1.54) is 6.26 Å². The minimum absolute atomic E-state index is 0.219. The third kappa shape index (κ3) is 4.14. The van der Waals surface area contributed by atoms with Gasteiger partial charge in [0.1, 0.15) is 5.75 Å². The second-order valence-electron chi connectivity index (χ2n) is 4.19. The maximum atomic E-state index is 11.9. The predicted octanol–water partition coefficient (Wildman–Crippen LogP) is 4.26. The quantitative estimate of drug-likeness (QED) is 0.674. The number of halogens is 1. The molecule has 0 aliphatic carbocycles. The first-order chi connectivity index (χ1) is 9.65. The van der Waals surface area contributed by atoms with Crippen LogP contribution >= 0.6 is 11.6 Å². The Morgan fingerprint density at radius 2 is 1.75 bits per heavy atom. The van der Waals surface area contributed by atoms with Crippen LogP contribution in [0.1, 0.15) is 6.92 Å². The average molecular weight is 288 g/mol. The number of amides is 1. The summed E-state index contributed by atoms with van der Waals surface area (Å²) in [5.41, 5.74) is 1.16. The van der Waals surface area contributed by atoms with Gasteiger partial charge in [-0.15, -0.1) is 0 Å². The lowest BCUT2D eigenvalue weighted by molar-refractivity contribution is -0.112. The largest absolute Gasteiger partial charge is 0.465 e. The Morgan fingerprint density at radius 3 is 2.40 bits per heavy atom. The van der Waals surface area contributed by atoms with E-state index in [0.717, 1.165) is 0 Å². The Hall–Kier alpha value is -2.26. The zero-order valence-electron chi connectivity index (χ0n) is 11.0. The third-order valence-corrected chi connectivity index (χ3v) is 2.83. The smallest absolute Gasteiger partial charge is 0.254 e. The fourth-order valence-corrected chi connectivity index (χ4v) is 1.60. The highest BCUT2D eigenvalue weighted by Crippen LogP contribution is 2.14. The Labute approximate surface area is 122 Å². The van der Waals surface area contributed by atoms with Crippen LogP contribution in [-0.2, 0) is 4.79 Å². The lowest BCUT2D eigenvalue weighted by Gasteiger charge is -2.06. The molecule has 1 N–H and O–H groups in total. The Balaban J connectivity index is 1.96. The normalized spacial score (nSPS) is 11.0. The van der Waals surface area contributed by atoms with E-state index in [2.05, 4.69) is 5.32 Å². The van der Waals surface area contributed by atoms with Gasteiger partial charge in [0.15, 0.2) is 0 Å². The Kier molecular flexibility index (Phi) is 4.80. The molecule has 0 heterocycles. The summed E-state index contributed by atoms with van der Waals surface area (Å²) in [5, 5.41) is 3.39. The number of carbonyl (C=O) groups excluding carboxylic acids is 1. The molecule has 0 aromatic heterocycles. The Morgan fingerprint density at radius 1 is 1.10 bits per heavy atom. The summed E-state index contributed by atoms with van der Waals surface area (Å²) in [6, 6.07) is 16.2. The van der Waals surface area contributed by atoms with E-state index in [1.807, 2.05) is 30.3 Å². The van der Waals surface area contributed by atoms with Gasteiger partial charge in [0.2, 0.25) is 0 Å². The number of nitrogens with one attached hydrogen (secondary N) is 1. The van der Waals surface area contributed by atoms with Crippen molar-refractivity contribution in [3.8, 4) is 5.75 Å². The van der Waals surface area contributed by atoms with Crippen LogP contribution in [0, 0.1) is 0 Å². The summed E-state index contributed by atoms with van der Waals surface area (Å²) in [5.74, 6) is 0.467. The average Bonchev–Trinajstić information content (AvgIpc) is 2.48. The zero-order chi connectivity index (χ0) is 14.4. The molecular formula is C16H14ClNO2. The highest BCUT2D eigenvalue weighted by Gasteiger charge is 2.05. The van der Waals surface area contributed by atoms with Crippen LogP contribution in [0.15, 0.2) is 66.4 Å². The summed E-state index contributed by atoms with van der Waals surface area (Å²) in [6.45, 7) is 1.69. The molecule has 1 amide bonds. The van der Waals surface area contributed by atoms with Crippen molar-refractivity contribution in [3.05, 3.63) is 71.5 Å². The van der Waals surface area contributed by atoms with E-state index in [1.54, 1.807) is 31.2 Å². The molecule has 0 saturated carbocycles. The molecular weight excluding hydrogens is 274 g/mol. The van der Waals surface area contributed by atoms with E-state index >= 15 is 0 Å². The molecule has 0 unspecified atom stereocenters. The number of hydrogen-bond donors (Lipinski definition) is 1. The van der Waals surface area contributed by atoms with Gasteiger partial charge >= 0.3 is 0 Å². The summed E-state index contributed by atoms with van der Waals surface area (Å²) in [4.78, 5) is 11.9. The van der Waals surface area contributed by atoms with Crippen LogP contribution < -0.4 is 10.1 Å².